The summed E-state index contributed by atoms with van der Waals surface area (Å²) in [6.07, 6.45) is 0. The fourth-order valence-electron chi connectivity index (χ4n) is 0.702. The molecule has 0 bridgehead atoms. The molecule has 0 saturated heterocycles. The summed E-state index contributed by atoms with van der Waals surface area (Å²) in [6.45, 7) is 0. The van der Waals surface area contributed by atoms with E-state index < -0.39 is 7.82 Å². The first kappa shape index (κ1) is 12.3. The third-order valence-electron chi connectivity index (χ3n) is 1.19. The highest BCUT2D eigenvalue weighted by molar-refractivity contribution is 9.10. The van der Waals surface area contributed by atoms with Gasteiger partial charge in [-0.3, -0.25) is 9.79 Å². The Bertz CT molecular complexity index is 405. The quantitative estimate of drug-likeness (QED) is 0.648. The largest absolute Gasteiger partial charge is 0.524 e. The fourth-order valence-corrected chi connectivity index (χ4v) is 1.99. The summed E-state index contributed by atoms with van der Waals surface area (Å²) in [5, 5.41) is 0.308. The molecule has 4 nitrogen and oxygen atoms in total. The number of benzene rings is 1. The second-order valence-electron chi connectivity index (χ2n) is 2.28. The molecule has 0 atom stereocenters. The third-order valence-corrected chi connectivity index (χ3v) is 3.12. The van der Waals surface area contributed by atoms with Crippen molar-refractivity contribution in [3.05, 3.63) is 26.7 Å². The van der Waals surface area contributed by atoms with Gasteiger partial charge in [-0.1, -0.05) is 23.2 Å². The second-order valence-corrected chi connectivity index (χ2v) is 5.11. The third kappa shape index (κ3) is 3.42. The maximum absolute atomic E-state index is 10.5. The van der Waals surface area contributed by atoms with Crippen LogP contribution in [0, 0.1) is 0 Å². The van der Waals surface area contributed by atoms with Gasteiger partial charge in [-0.25, -0.2) is 4.57 Å². The summed E-state index contributed by atoms with van der Waals surface area (Å²) in [4.78, 5) is 17.1. The fraction of sp³-hybridized carbons (Fsp3) is 0. The van der Waals surface area contributed by atoms with E-state index in [1.807, 2.05) is 0 Å². The summed E-state index contributed by atoms with van der Waals surface area (Å²) < 4.78 is 15.3. The van der Waals surface area contributed by atoms with Crippen LogP contribution >= 0.6 is 47.0 Å². The molecule has 0 radical (unpaired) electrons. The first-order valence-electron chi connectivity index (χ1n) is 3.19. The lowest BCUT2D eigenvalue weighted by Gasteiger charge is -2.09. The van der Waals surface area contributed by atoms with Crippen molar-refractivity contribution in [1.82, 2.24) is 0 Å². The molecule has 0 saturated carbocycles. The van der Waals surface area contributed by atoms with Crippen molar-refractivity contribution in [2.75, 3.05) is 0 Å². The number of phosphoric ester groups is 1. The highest BCUT2D eigenvalue weighted by Gasteiger charge is 2.18. The van der Waals surface area contributed by atoms with E-state index in [0.29, 0.717) is 4.47 Å². The van der Waals surface area contributed by atoms with E-state index in [4.69, 9.17) is 33.0 Å². The molecular formula is C6H4BrCl2O4P. The molecule has 0 unspecified atom stereocenters. The highest BCUT2D eigenvalue weighted by Crippen LogP contribution is 2.43. The predicted molar refractivity (Wildman–Crippen MR) is 56.8 cm³/mol. The maximum Gasteiger partial charge on any atom is 0.524 e. The van der Waals surface area contributed by atoms with Gasteiger partial charge in [-0.2, -0.15) is 0 Å². The van der Waals surface area contributed by atoms with Crippen molar-refractivity contribution in [2.45, 2.75) is 0 Å². The van der Waals surface area contributed by atoms with Crippen molar-refractivity contribution >= 4 is 47.0 Å². The van der Waals surface area contributed by atoms with E-state index in [-0.39, 0.29) is 15.8 Å². The Morgan fingerprint density at radius 1 is 1.29 bits per heavy atom. The van der Waals surface area contributed by atoms with Crippen molar-refractivity contribution in [3.63, 3.8) is 0 Å². The van der Waals surface area contributed by atoms with Crippen LogP contribution in [0.15, 0.2) is 16.6 Å². The van der Waals surface area contributed by atoms with Gasteiger partial charge in [0, 0.05) is 10.5 Å². The zero-order valence-corrected chi connectivity index (χ0v) is 10.4. The molecule has 0 aromatic heterocycles. The van der Waals surface area contributed by atoms with Crippen LogP contribution in [0.25, 0.3) is 0 Å². The Labute approximate surface area is 98.2 Å². The number of phosphoric acid groups is 1. The number of rotatable bonds is 2. The Morgan fingerprint density at radius 3 is 2.36 bits per heavy atom. The second kappa shape index (κ2) is 4.39. The topological polar surface area (TPSA) is 66.8 Å². The van der Waals surface area contributed by atoms with Gasteiger partial charge in [0.05, 0.1) is 10.0 Å². The van der Waals surface area contributed by atoms with E-state index in [0.717, 1.165) is 0 Å². The number of halogens is 3. The SMILES string of the molecule is O=P(O)(O)Oc1cc(Cl)c(Br)cc1Cl. The minimum absolute atomic E-state index is 0.0598. The first-order valence-corrected chi connectivity index (χ1v) is 6.27. The minimum atomic E-state index is -4.61. The lowest BCUT2D eigenvalue weighted by Crippen LogP contribution is -1.91. The highest BCUT2D eigenvalue weighted by atomic mass is 79.9. The Morgan fingerprint density at radius 2 is 1.86 bits per heavy atom. The Balaban J connectivity index is 3.11. The van der Waals surface area contributed by atoms with Gasteiger partial charge in [-0.05, 0) is 22.0 Å². The van der Waals surface area contributed by atoms with E-state index >= 15 is 0 Å². The predicted octanol–water partition coefficient (Wildman–Crippen LogP) is 3.23. The van der Waals surface area contributed by atoms with Crippen LogP contribution in [-0.2, 0) is 4.57 Å². The molecule has 2 N–H and O–H groups in total. The molecule has 0 aliphatic rings. The lowest BCUT2D eigenvalue weighted by atomic mass is 10.3. The summed E-state index contributed by atoms with van der Waals surface area (Å²) in [5.41, 5.74) is 0. The molecule has 1 aromatic carbocycles. The number of hydrogen-bond acceptors (Lipinski definition) is 2. The zero-order chi connectivity index (χ0) is 10.9. The maximum atomic E-state index is 10.5. The molecule has 78 valence electrons. The lowest BCUT2D eigenvalue weighted by molar-refractivity contribution is 0.283. The molecule has 0 fully saturated rings. The average Bonchev–Trinajstić information content (AvgIpc) is 1.97. The summed E-state index contributed by atoms with van der Waals surface area (Å²) in [7, 11) is -4.61. The molecule has 0 spiro atoms. The normalized spacial score (nSPS) is 11.5. The first-order chi connectivity index (χ1) is 6.29. The molecule has 0 aliphatic carbocycles. The molecule has 8 heteroatoms. The van der Waals surface area contributed by atoms with Crippen LogP contribution in [0.3, 0.4) is 0 Å². The Kier molecular flexibility index (Phi) is 3.86. The van der Waals surface area contributed by atoms with Crippen molar-refractivity contribution in [3.8, 4) is 5.75 Å². The van der Waals surface area contributed by atoms with E-state index in [2.05, 4.69) is 20.5 Å². The monoisotopic (exact) mass is 320 g/mol. The number of hydrogen-bond donors (Lipinski definition) is 2. The molecule has 1 rings (SSSR count). The Hall–Kier alpha value is 0.230. The standard InChI is InChI=1S/C6H4BrCl2O4P/c7-3-1-5(9)6(2-4(3)8)13-14(10,11)12/h1-2H,(H2,10,11,12). The van der Waals surface area contributed by atoms with E-state index in [1.165, 1.54) is 12.1 Å². The zero-order valence-electron chi connectivity index (χ0n) is 6.45. The van der Waals surface area contributed by atoms with Gasteiger partial charge in [0.1, 0.15) is 0 Å². The van der Waals surface area contributed by atoms with Crippen LogP contribution in [0.2, 0.25) is 10.0 Å². The van der Waals surface area contributed by atoms with Gasteiger partial charge in [0.2, 0.25) is 0 Å². The van der Waals surface area contributed by atoms with Crippen LogP contribution in [0.5, 0.6) is 5.75 Å². The smallest absolute Gasteiger partial charge is 0.403 e. The molecule has 1 aromatic rings. The van der Waals surface area contributed by atoms with Gasteiger partial charge < -0.3 is 4.52 Å². The van der Waals surface area contributed by atoms with Crippen molar-refractivity contribution in [2.24, 2.45) is 0 Å². The average molecular weight is 322 g/mol. The summed E-state index contributed by atoms with van der Waals surface area (Å²) in [6, 6.07) is 2.60. The van der Waals surface area contributed by atoms with E-state index in [1.54, 1.807) is 0 Å². The van der Waals surface area contributed by atoms with Crippen LogP contribution in [-0.4, -0.2) is 9.79 Å². The summed E-state index contributed by atoms with van der Waals surface area (Å²) in [5.74, 6) is -0.159. The van der Waals surface area contributed by atoms with Gasteiger partial charge in [0.15, 0.2) is 5.75 Å². The van der Waals surface area contributed by atoms with Gasteiger partial charge in [-0.15, -0.1) is 0 Å². The van der Waals surface area contributed by atoms with Crippen molar-refractivity contribution in [1.29, 1.82) is 0 Å². The minimum Gasteiger partial charge on any atom is -0.403 e. The molecule has 0 amide bonds. The molecule has 0 heterocycles. The van der Waals surface area contributed by atoms with Crippen LogP contribution in [0.4, 0.5) is 0 Å². The van der Waals surface area contributed by atoms with Crippen LogP contribution in [0.1, 0.15) is 0 Å². The molecular weight excluding hydrogens is 318 g/mol. The van der Waals surface area contributed by atoms with Gasteiger partial charge >= 0.3 is 7.82 Å². The van der Waals surface area contributed by atoms with Crippen molar-refractivity contribution < 1.29 is 18.9 Å². The van der Waals surface area contributed by atoms with E-state index in [9.17, 15) is 4.57 Å². The van der Waals surface area contributed by atoms with Gasteiger partial charge in [0.25, 0.3) is 0 Å². The molecule has 14 heavy (non-hydrogen) atoms. The molecule has 0 aliphatic heterocycles. The van der Waals surface area contributed by atoms with Crippen LogP contribution < -0.4 is 4.52 Å². The summed E-state index contributed by atoms with van der Waals surface area (Å²) >= 11 is 14.4.